The molecule has 2 N–H and O–H groups in total. The zero-order valence-electron chi connectivity index (χ0n) is 13.8. The van der Waals surface area contributed by atoms with E-state index >= 15 is 0 Å². The Kier molecular flexibility index (Phi) is 5.90. The van der Waals surface area contributed by atoms with E-state index in [-0.39, 0.29) is 18.0 Å². The van der Waals surface area contributed by atoms with Crippen molar-refractivity contribution in [3.63, 3.8) is 0 Å². The number of hydrogen-bond donors (Lipinski definition) is 2. The van der Waals surface area contributed by atoms with Gasteiger partial charge < -0.3 is 5.32 Å². The molecule has 2 aromatic carbocycles. The fourth-order valence-electron chi connectivity index (χ4n) is 3.16. The first-order valence-corrected chi connectivity index (χ1v) is 9.38. The third-order valence-corrected chi connectivity index (χ3v) is 5.52. The maximum atomic E-state index is 12.5. The highest BCUT2D eigenvalue weighted by Crippen LogP contribution is 2.33. The predicted molar refractivity (Wildman–Crippen MR) is 105 cm³/mol. The third kappa shape index (κ3) is 4.29. The number of amides is 1. The lowest BCUT2D eigenvalue weighted by atomic mass is 9.87. The van der Waals surface area contributed by atoms with Crippen molar-refractivity contribution in [2.24, 2.45) is 0 Å². The summed E-state index contributed by atoms with van der Waals surface area (Å²) in [5, 5.41) is 7.31. The van der Waals surface area contributed by atoms with E-state index in [0.29, 0.717) is 20.8 Å². The van der Waals surface area contributed by atoms with Crippen molar-refractivity contribution in [3.05, 3.63) is 62.6 Å². The van der Waals surface area contributed by atoms with Crippen LogP contribution >= 0.6 is 34.8 Å². The smallest absolute Gasteiger partial charge is 0.241 e. The second kappa shape index (κ2) is 7.96. The lowest BCUT2D eigenvalue weighted by Gasteiger charge is -2.29. The Bertz CT molecular complexity index is 794. The summed E-state index contributed by atoms with van der Waals surface area (Å²) in [6.07, 6.45) is 3.22. The standard InChI is InChI=1S/C19H19Cl3N2O/c1-11(19(25)24-18-10-15(21)14(20)9-16(18)22)23-17-8-4-6-12-5-2-3-7-13(12)17/h2-3,5,7,9-11,17,23H,4,6,8H2,1H3,(H,24,25)/t11-,17+/m1/s1. The van der Waals surface area contributed by atoms with E-state index in [1.807, 2.05) is 13.0 Å². The Morgan fingerprint density at radius 3 is 2.64 bits per heavy atom. The molecule has 0 saturated carbocycles. The molecule has 25 heavy (non-hydrogen) atoms. The Balaban J connectivity index is 1.69. The molecule has 0 saturated heterocycles. The molecule has 6 heteroatoms. The van der Waals surface area contributed by atoms with E-state index in [9.17, 15) is 4.79 Å². The van der Waals surface area contributed by atoms with Gasteiger partial charge in [0.15, 0.2) is 0 Å². The molecule has 0 aromatic heterocycles. The number of nitrogens with one attached hydrogen (secondary N) is 2. The van der Waals surface area contributed by atoms with Crippen molar-refractivity contribution in [2.75, 3.05) is 5.32 Å². The van der Waals surface area contributed by atoms with Crippen LogP contribution in [0, 0.1) is 0 Å². The van der Waals surface area contributed by atoms with E-state index in [1.165, 1.54) is 17.2 Å². The van der Waals surface area contributed by atoms with Gasteiger partial charge in [0, 0.05) is 6.04 Å². The molecule has 2 atom stereocenters. The van der Waals surface area contributed by atoms with Crippen LogP contribution in [0.5, 0.6) is 0 Å². The first-order valence-electron chi connectivity index (χ1n) is 8.25. The Morgan fingerprint density at radius 1 is 1.12 bits per heavy atom. The monoisotopic (exact) mass is 396 g/mol. The molecular formula is C19H19Cl3N2O. The Morgan fingerprint density at radius 2 is 1.84 bits per heavy atom. The highest BCUT2D eigenvalue weighted by Gasteiger charge is 2.24. The van der Waals surface area contributed by atoms with Crippen molar-refractivity contribution in [2.45, 2.75) is 38.3 Å². The number of halogens is 3. The second-order valence-corrected chi connectivity index (χ2v) is 7.49. The fraction of sp³-hybridized carbons (Fsp3) is 0.316. The molecule has 0 aliphatic heterocycles. The molecule has 1 aliphatic rings. The van der Waals surface area contributed by atoms with E-state index in [1.54, 1.807) is 6.07 Å². The maximum Gasteiger partial charge on any atom is 0.241 e. The van der Waals surface area contributed by atoms with Crippen molar-refractivity contribution in [1.82, 2.24) is 5.32 Å². The largest absolute Gasteiger partial charge is 0.323 e. The van der Waals surface area contributed by atoms with Crippen LogP contribution in [-0.4, -0.2) is 11.9 Å². The summed E-state index contributed by atoms with van der Waals surface area (Å²) in [5.74, 6) is -0.164. The molecule has 0 radical (unpaired) electrons. The number of carbonyl (C=O) groups excluding carboxylic acids is 1. The summed E-state index contributed by atoms with van der Waals surface area (Å²) >= 11 is 18.1. The molecule has 132 valence electrons. The molecule has 3 rings (SSSR count). The van der Waals surface area contributed by atoms with E-state index in [0.717, 1.165) is 19.3 Å². The van der Waals surface area contributed by atoms with Crippen LogP contribution in [0.3, 0.4) is 0 Å². The van der Waals surface area contributed by atoms with Gasteiger partial charge >= 0.3 is 0 Å². The van der Waals surface area contributed by atoms with Crippen LogP contribution in [-0.2, 0) is 11.2 Å². The molecular weight excluding hydrogens is 379 g/mol. The van der Waals surface area contributed by atoms with Gasteiger partial charge in [0.2, 0.25) is 5.91 Å². The zero-order chi connectivity index (χ0) is 18.0. The minimum Gasteiger partial charge on any atom is -0.323 e. The van der Waals surface area contributed by atoms with Crippen LogP contribution in [0.25, 0.3) is 0 Å². The summed E-state index contributed by atoms with van der Waals surface area (Å²) < 4.78 is 0. The minimum atomic E-state index is -0.373. The summed E-state index contributed by atoms with van der Waals surface area (Å²) in [6, 6.07) is 11.3. The summed E-state index contributed by atoms with van der Waals surface area (Å²) in [5.41, 5.74) is 3.09. The predicted octanol–water partition coefficient (Wildman–Crippen LogP) is 5.64. The van der Waals surface area contributed by atoms with E-state index in [2.05, 4.69) is 28.8 Å². The average Bonchev–Trinajstić information content (AvgIpc) is 2.60. The Labute approximate surface area is 162 Å². The highest BCUT2D eigenvalue weighted by molar-refractivity contribution is 6.44. The van der Waals surface area contributed by atoms with Gasteiger partial charge in [-0.3, -0.25) is 10.1 Å². The molecule has 0 bridgehead atoms. The fourth-order valence-corrected chi connectivity index (χ4v) is 3.76. The van der Waals surface area contributed by atoms with E-state index < -0.39 is 0 Å². The summed E-state index contributed by atoms with van der Waals surface area (Å²) in [7, 11) is 0. The van der Waals surface area contributed by atoms with Crippen LogP contribution in [0.15, 0.2) is 36.4 Å². The van der Waals surface area contributed by atoms with Crippen molar-refractivity contribution < 1.29 is 4.79 Å². The first kappa shape index (κ1) is 18.5. The normalized spacial score (nSPS) is 17.7. The molecule has 0 unspecified atom stereocenters. The SMILES string of the molecule is C[C@@H](N[C@H]1CCCc2ccccc21)C(=O)Nc1cc(Cl)c(Cl)cc1Cl. The van der Waals surface area contributed by atoms with Crippen molar-refractivity contribution in [1.29, 1.82) is 0 Å². The number of rotatable bonds is 4. The number of carbonyl (C=O) groups is 1. The van der Waals surface area contributed by atoms with Gasteiger partial charge in [-0.05, 0) is 49.4 Å². The van der Waals surface area contributed by atoms with Crippen molar-refractivity contribution >= 4 is 46.4 Å². The summed E-state index contributed by atoms with van der Waals surface area (Å²) in [4.78, 5) is 12.5. The number of anilines is 1. The topological polar surface area (TPSA) is 41.1 Å². The molecule has 1 amide bonds. The average molecular weight is 398 g/mol. The molecule has 2 aromatic rings. The van der Waals surface area contributed by atoms with Crippen LogP contribution in [0.4, 0.5) is 5.69 Å². The highest BCUT2D eigenvalue weighted by atomic mass is 35.5. The van der Waals surface area contributed by atoms with Crippen LogP contribution in [0.2, 0.25) is 15.1 Å². The zero-order valence-corrected chi connectivity index (χ0v) is 16.1. The Hall–Kier alpha value is -1.26. The lowest BCUT2D eigenvalue weighted by molar-refractivity contribution is -0.118. The van der Waals surface area contributed by atoms with Crippen LogP contribution in [0.1, 0.15) is 36.9 Å². The first-order chi connectivity index (χ1) is 12.0. The van der Waals surface area contributed by atoms with Gasteiger partial charge in [-0.25, -0.2) is 0 Å². The van der Waals surface area contributed by atoms with Gasteiger partial charge in [0.05, 0.1) is 26.8 Å². The van der Waals surface area contributed by atoms with Crippen molar-refractivity contribution in [3.8, 4) is 0 Å². The molecule has 1 aliphatic carbocycles. The number of aryl methyl sites for hydroxylation is 1. The van der Waals surface area contributed by atoms with Gasteiger partial charge in [0.25, 0.3) is 0 Å². The lowest BCUT2D eigenvalue weighted by Crippen LogP contribution is -2.41. The number of hydrogen-bond acceptors (Lipinski definition) is 2. The van der Waals surface area contributed by atoms with E-state index in [4.69, 9.17) is 34.8 Å². The van der Waals surface area contributed by atoms with Gasteiger partial charge in [-0.1, -0.05) is 59.1 Å². The minimum absolute atomic E-state index is 0.164. The van der Waals surface area contributed by atoms with Gasteiger partial charge in [-0.2, -0.15) is 0 Å². The van der Waals surface area contributed by atoms with Gasteiger partial charge in [-0.15, -0.1) is 0 Å². The van der Waals surface area contributed by atoms with Crippen LogP contribution < -0.4 is 10.6 Å². The quantitative estimate of drug-likeness (QED) is 0.655. The summed E-state index contributed by atoms with van der Waals surface area (Å²) in [6.45, 7) is 1.85. The maximum absolute atomic E-state index is 12.5. The molecule has 3 nitrogen and oxygen atoms in total. The van der Waals surface area contributed by atoms with Gasteiger partial charge in [0.1, 0.15) is 0 Å². The number of benzene rings is 2. The molecule has 0 fully saturated rings. The molecule has 0 spiro atoms. The number of fused-ring (bicyclic) bond motifs is 1. The molecule has 0 heterocycles. The second-order valence-electron chi connectivity index (χ2n) is 6.27. The third-order valence-electron chi connectivity index (χ3n) is 4.48.